The van der Waals surface area contributed by atoms with Crippen molar-refractivity contribution >= 4 is 34.6 Å². The third-order valence-corrected chi connectivity index (χ3v) is 4.11. The average molecular weight is 342 g/mol. The Labute approximate surface area is 143 Å². The molecule has 1 aliphatic rings. The van der Waals surface area contributed by atoms with Gasteiger partial charge in [-0.25, -0.2) is 9.38 Å². The molecule has 1 amide bonds. The molecule has 0 spiro atoms. The highest BCUT2D eigenvalue weighted by atomic mass is 32.2. The summed E-state index contributed by atoms with van der Waals surface area (Å²) in [5.41, 5.74) is 1.49. The second kappa shape index (κ2) is 7.31. The van der Waals surface area contributed by atoms with Crippen LogP contribution in [0.5, 0.6) is 5.75 Å². The van der Waals surface area contributed by atoms with Gasteiger partial charge in [-0.1, -0.05) is 12.1 Å². The number of thioether (sulfide) groups is 1. The normalized spacial score (nSPS) is 17.3. The minimum Gasteiger partial charge on any atom is -0.494 e. The molecule has 0 atom stereocenters. The van der Waals surface area contributed by atoms with Crippen molar-refractivity contribution in [2.75, 3.05) is 6.61 Å². The van der Waals surface area contributed by atoms with Crippen molar-refractivity contribution in [3.8, 4) is 5.75 Å². The largest absolute Gasteiger partial charge is 0.494 e. The van der Waals surface area contributed by atoms with Crippen LogP contribution in [0, 0.1) is 5.82 Å². The Morgan fingerprint density at radius 1 is 1.17 bits per heavy atom. The Kier molecular flexibility index (Phi) is 4.96. The third kappa shape index (κ3) is 4.02. The minimum atomic E-state index is -0.321. The van der Waals surface area contributed by atoms with E-state index in [0.29, 0.717) is 22.4 Å². The molecule has 0 aromatic heterocycles. The number of rotatable bonds is 4. The molecule has 0 saturated carbocycles. The van der Waals surface area contributed by atoms with Gasteiger partial charge in [-0.3, -0.25) is 4.79 Å². The summed E-state index contributed by atoms with van der Waals surface area (Å²) in [6.07, 6.45) is 1.79. The fourth-order valence-electron chi connectivity index (χ4n) is 2.09. The highest BCUT2D eigenvalue weighted by Gasteiger charge is 2.23. The molecule has 1 N–H and O–H groups in total. The molecule has 1 aliphatic heterocycles. The molecule has 1 saturated heterocycles. The average Bonchev–Trinajstić information content (AvgIpc) is 2.91. The Hall–Kier alpha value is -2.60. The topological polar surface area (TPSA) is 50.7 Å². The van der Waals surface area contributed by atoms with Gasteiger partial charge >= 0.3 is 0 Å². The maximum atomic E-state index is 12.9. The summed E-state index contributed by atoms with van der Waals surface area (Å²) in [5.74, 6) is 0.273. The number of benzene rings is 2. The van der Waals surface area contributed by atoms with Gasteiger partial charge in [-0.15, -0.1) is 0 Å². The summed E-state index contributed by atoms with van der Waals surface area (Å²) in [5, 5.41) is 3.18. The maximum absolute atomic E-state index is 12.9. The van der Waals surface area contributed by atoms with Crippen LogP contribution in [0.2, 0.25) is 0 Å². The van der Waals surface area contributed by atoms with E-state index in [1.165, 1.54) is 23.9 Å². The standard InChI is InChI=1S/C18H15FN2O2S/c1-2-23-15-9-3-12(4-10-15)11-16-17(22)21-18(24-16)20-14-7-5-13(19)6-8-14/h3-11H,2H2,1H3,(H,20,21,22)/b16-11-. The first-order chi connectivity index (χ1) is 11.6. The van der Waals surface area contributed by atoms with Crippen LogP contribution in [0.3, 0.4) is 0 Å². The Morgan fingerprint density at radius 3 is 2.54 bits per heavy atom. The Bertz CT molecular complexity index is 799. The Morgan fingerprint density at radius 2 is 1.88 bits per heavy atom. The van der Waals surface area contributed by atoms with Gasteiger partial charge in [0, 0.05) is 0 Å². The quantitative estimate of drug-likeness (QED) is 0.851. The molecule has 122 valence electrons. The SMILES string of the molecule is CCOc1ccc(/C=C2\SC(=Nc3ccc(F)cc3)NC2=O)cc1. The zero-order valence-electron chi connectivity index (χ0n) is 13.0. The van der Waals surface area contributed by atoms with Crippen molar-refractivity contribution in [3.05, 3.63) is 64.8 Å². The van der Waals surface area contributed by atoms with Gasteiger partial charge in [-0.2, -0.15) is 0 Å². The van der Waals surface area contributed by atoms with Gasteiger partial charge in [0.25, 0.3) is 5.91 Å². The van der Waals surface area contributed by atoms with E-state index in [0.717, 1.165) is 11.3 Å². The molecule has 0 unspecified atom stereocenters. The van der Waals surface area contributed by atoms with E-state index >= 15 is 0 Å². The molecule has 1 fully saturated rings. The molecule has 0 radical (unpaired) electrons. The lowest BCUT2D eigenvalue weighted by Gasteiger charge is -2.02. The van der Waals surface area contributed by atoms with E-state index in [1.54, 1.807) is 18.2 Å². The number of hydrogen-bond donors (Lipinski definition) is 1. The predicted octanol–water partition coefficient (Wildman–Crippen LogP) is 4.12. The first-order valence-electron chi connectivity index (χ1n) is 7.42. The van der Waals surface area contributed by atoms with E-state index < -0.39 is 0 Å². The fraction of sp³-hybridized carbons (Fsp3) is 0.111. The van der Waals surface area contributed by atoms with Crippen molar-refractivity contribution in [1.82, 2.24) is 5.32 Å². The third-order valence-electron chi connectivity index (χ3n) is 3.20. The van der Waals surface area contributed by atoms with E-state index in [2.05, 4.69) is 10.3 Å². The number of nitrogens with zero attached hydrogens (tertiary/aromatic N) is 1. The molecule has 4 nitrogen and oxygen atoms in total. The molecule has 0 bridgehead atoms. The number of carbonyl (C=O) groups excluding carboxylic acids is 1. The van der Waals surface area contributed by atoms with Crippen LogP contribution in [0.15, 0.2) is 58.4 Å². The lowest BCUT2D eigenvalue weighted by Crippen LogP contribution is -2.19. The van der Waals surface area contributed by atoms with Crippen LogP contribution < -0.4 is 10.1 Å². The molecule has 0 aliphatic carbocycles. The number of halogens is 1. The van der Waals surface area contributed by atoms with Gasteiger partial charge in [0.1, 0.15) is 11.6 Å². The minimum absolute atomic E-state index is 0.199. The van der Waals surface area contributed by atoms with E-state index in [9.17, 15) is 9.18 Å². The van der Waals surface area contributed by atoms with E-state index in [1.807, 2.05) is 31.2 Å². The predicted molar refractivity (Wildman–Crippen MR) is 94.8 cm³/mol. The van der Waals surface area contributed by atoms with Crippen LogP contribution in [-0.2, 0) is 4.79 Å². The molecule has 2 aromatic rings. The number of amidine groups is 1. The monoisotopic (exact) mass is 342 g/mol. The van der Waals surface area contributed by atoms with Crippen molar-refractivity contribution in [3.63, 3.8) is 0 Å². The van der Waals surface area contributed by atoms with Gasteiger partial charge in [0.15, 0.2) is 5.17 Å². The molecule has 24 heavy (non-hydrogen) atoms. The number of nitrogens with one attached hydrogen (secondary N) is 1. The zero-order chi connectivity index (χ0) is 16.9. The van der Waals surface area contributed by atoms with Crippen LogP contribution in [0.1, 0.15) is 12.5 Å². The van der Waals surface area contributed by atoms with Crippen LogP contribution in [0.4, 0.5) is 10.1 Å². The van der Waals surface area contributed by atoms with Crippen molar-refractivity contribution < 1.29 is 13.9 Å². The molecule has 3 rings (SSSR count). The van der Waals surface area contributed by atoms with Gasteiger partial charge in [0.05, 0.1) is 17.2 Å². The molecular formula is C18H15FN2O2S. The summed E-state index contributed by atoms with van der Waals surface area (Å²) in [7, 11) is 0. The smallest absolute Gasteiger partial charge is 0.264 e. The maximum Gasteiger partial charge on any atom is 0.264 e. The molecular weight excluding hydrogens is 327 g/mol. The lowest BCUT2D eigenvalue weighted by molar-refractivity contribution is -0.115. The highest BCUT2D eigenvalue weighted by Crippen LogP contribution is 2.28. The summed E-state index contributed by atoms with van der Waals surface area (Å²) in [6, 6.07) is 13.3. The first kappa shape index (κ1) is 16.3. The summed E-state index contributed by atoms with van der Waals surface area (Å²) in [6.45, 7) is 2.54. The van der Waals surface area contributed by atoms with Crippen LogP contribution in [-0.4, -0.2) is 17.7 Å². The van der Waals surface area contributed by atoms with Gasteiger partial charge in [-0.05, 0) is 66.7 Å². The first-order valence-corrected chi connectivity index (χ1v) is 8.24. The summed E-state index contributed by atoms with van der Waals surface area (Å²) >= 11 is 1.25. The fourth-order valence-corrected chi connectivity index (χ4v) is 2.93. The highest BCUT2D eigenvalue weighted by molar-refractivity contribution is 8.18. The van der Waals surface area contributed by atoms with Crippen molar-refractivity contribution in [2.24, 2.45) is 4.99 Å². The number of carbonyl (C=O) groups is 1. The van der Waals surface area contributed by atoms with E-state index in [4.69, 9.17) is 4.74 Å². The zero-order valence-corrected chi connectivity index (χ0v) is 13.8. The molecule has 1 heterocycles. The summed E-state index contributed by atoms with van der Waals surface area (Å²) in [4.78, 5) is 16.9. The molecule has 2 aromatic carbocycles. The second-order valence-electron chi connectivity index (χ2n) is 4.96. The Balaban J connectivity index is 1.75. The van der Waals surface area contributed by atoms with Gasteiger partial charge < -0.3 is 10.1 Å². The molecule has 6 heteroatoms. The van der Waals surface area contributed by atoms with Crippen LogP contribution in [0.25, 0.3) is 6.08 Å². The number of aliphatic imine (C=N–C) groups is 1. The van der Waals surface area contributed by atoms with Crippen LogP contribution >= 0.6 is 11.8 Å². The number of ether oxygens (including phenoxy) is 1. The van der Waals surface area contributed by atoms with Crippen molar-refractivity contribution in [1.29, 1.82) is 0 Å². The number of amides is 1. The lowest BCUT2D eigenvalue weighted by atomic mass is 10.2. The summed E-state index contributed by atoms with van der Waals surface area (Å²) < 4.78 is 18.3. The second-order valence-corrected chi connectivity index (χ2v) is 5.99. The van der Waals surface area contributed by atoms with Crippen molar-refractivity contribution in [2.45, 2.75) is 6.92 Å². The van der Waals surface area contributed by atoms with Gasteiger partial charge in [0.2, 0.25) is 0 Å². The van der Waals surface area contributed by atoms with E-state index in [-0.39, 0.29) is 11.7 Å². The number of hydrogen-bond acceptors (Lipinski definition) is 4.